The van der Waals surface area contributed by atoms with E-state index in [0.29, 0.717) is 24.3 Å². The van der Waals surface area contributed by atoms with Crippen LogP contribution in [0.5, 0.6) is 5.75 Å². The zero-order valence-electron chi connectivity index (χ0n) is 13.9. The molecule has 2 aromatic rings. The van der Waals surface area contributed by atoms with Crippen LogP contribution in [-0.4, -0.2) is 43.4 Å². The molecule has 1 aromatic heterocycles. The molecule has 0 unspecified atom stereocenters. The molecule has 8 heteroatoms. The molecule has 0 radical (unpaired) electrons. The van der Waals surface area contributed by atoms with Crippen LogP contribution in [0.15, 0.2) is 12.1 Å². The molecule has 2 heterocycles. The molecule has 1 aliphatic heterocycles. The fraction of sp³-hybridized carbons (Fsp3) is 0.412. The van der Waals surface area contributed by atoms with Gasteiger partial charge in [0, 0.05) is 42.4 Å². The quantitative estimate of drug-likeness (QED) is 0.770. The fourth-order valence-corrected chi connectivity index (χ4v) is 3.24. The van der Waals surface area contributed by atoms with Crippen molar-refractivity contribution in [2.45, 2.75) is 25.7 Å². The molecule has 0 bridgehead atoms. The predicted octanol–water partition coefficient (Wildman–Crippen LogP) is 1.95. The number of alkyl halides is 2. The molecule has 0 fully saturated rings. The van der Waals surface area contributed by atoms with Crippen LogP contribution in [0.4, 0.5) is 8.78 Å². The Bertz CT molecular complexity index is 832. The van der Waals surface area contributed by atoms with Crippen LogP contribution in [0.2, 0.25) is 0 Å². The molecule has 1 aromatic carbocycles. The minimum Gasteiger partial charge on any atom is -0.493 e. The first-order chi connectivity index (χ1) is 11.9. The maximum Gasteiger partial charge on any atom is 0.315 e. The minimum atomic E-state index is -3.06. The number of H-pyrrole nitrogens is 1. The first-order valence-electron chi connectivity index (χ1n) is 8.02. The van der Waals surface area contributed by atoms with E-state index in [9.17, 15) is 18.4 Å². The van der Waals surface area contributed by atoms with Gasteiger partial charge < -0.3 is 20.4 Å². The van der Waals surface area contributed by atoms with E-state index in [0.717, 1.165) is 22.2 Å². The molecule has 134 valence electrons. The van der Waals surface area contributed by atoms with Crippen molar-refractivity contribution < 1.29 is 23.1 Å². The number of ether oxygens (including phenoxy) is 1. The van der Waals surface area contributed by atoms with Crippen molar-refractivity contribution in [3.8, 4) is 5.75 Å². The lowest BCUT2D eigenvalue weighted by Crippen LogP contribution is -2.33. The van der Waals surface area contributed by atoms with Gasteiger partial charge in [0.2, 0.25) is 0 Å². The van der Waals surface area contributed by atoms with E-state index in [1.54, 1.807) is 6.92 Å². The maximum absolute atomic E-state index is 12.4. The molecule has 0 spiro atoms. The summed E-state index contributed by atoms with van der Waals surface area (Å²) in [5, 5.41) is 5.67. The van der Waals surface area contributed by atoms with E-state index in [1.165, 1.54) is 7.05 Å². The molecule has 3 rings (SSSR count). The smallest absolute Gasteiger partial charge is 0.315 e. The summed E-state index contributed by atoms with van der Waals surface area (Å²) in [6.07, 6.45) is -2.35. The number of amides is 2. The second-order valence-corrected chi connectivity index (χ2v) is 6.00. The molecule has 1 atom stereocenters. The number of aromatic nitrogens is 1. The van der Waals surface area contributed by atoms with Gasteiger partial charge in [0.15, 0.2) is 0 Å². The van der Waals surface area contributed by atoms with Gasteiger partial charge in [-0.3, -0.25) is 9.59 Å². The highest BCUT2D eigenvalue weighted by atomic mass is 19.3. The lowest BCUT2D eigenvalue weighted by molar-refractivity contribution is -0.131. The van der Waals surface area contributed by atoms with Crippen LogP contribution in [0, 0.1) is 0 Å². The van der Waals surface area contributed by atoms with Crippen molar-refractivity contribution in [1.29, 1.82) is 0 Å². The Morgan fingerprint density at radius 1 is 1.36 bits per heavy atom. The third-order valence-corrected chi connectivity index (χ3v) is 4.41. The van der Waals surface area contributed by atoms with E-state index < -0.39 is 12.3 Å². The number of halogens is 2. The van der Waals surface area contributed by atoms with Crippen molar-refractivity contribution in [2.75, 3.05) is 20.2 Å². The average Bonchev–Trinajstić information content (AvgIpc) is 3.21. The standard InChI is InChI=1S/C17H19F2N3O3/c1-8(7-21-17(24)15(18)19)12-13-9-5-6-25-11(9)4-3-10(13)22-14(12)16(23)20-2/h3-4,8,15,22H,5-7H2,1-2H3,(H,20,23)(H,21,24)/t8-/m0/s1. The number of hydrogen-bond acceptors (Lipinski definition) is 3. The van der Waals surface area contributed by atoms with Gasteiger partial charge in [0.25, 0.3) is 11.8 Å². The summed E-state index contributed by atoms with van der Waals surface area (Å²) < 4.78 is 30.4. The van der Waals surface area contributed by atoms with Crippen LogP contribution in [0.3, 0.4) is 0 Å². The normalized spacial score (nSPS) is 14.3. The summed E-state index contributed by atoms with van der Waals surface area (Å²) >= 11 is 0. The van der Waals surface area contributed by atoms with E-state index in [4.69, 9.17) is 4.74 Å². The van der Waals surface area contributed by atoms with Gasteiger partial charge in [0.05, 0.1) is 6.61 Å². The Labute approximate surface area is 142 Å². The largest absolute Gasteiger partial charge is 0.493 e. The Hall–Kier alpha value is -2.64. The Morgan fingerprint density at radius 2 is 2.12 bits per heavy atom. The maximum atomic E-state index is 12.4. The van der Waals surface area contributed by atoms with E-state index in [1.807, 2.05) is 12.1 Å². The van der Waals surface area contributed by atoms with Crippen molar-refractivity contribution in [3.05, 3.63) is 29.0 Å². The van der Waals surface area contributed by atoms with Crippen LogP contribution in [0.25, 0.3) is 10.9 Å². The molecular formula is C17H19F2N3O3. The molecule has 3 N–H and O–H groups in total. The van der Waals surface area contributed by atoms with Crippen molar-refractivity contribution >= 4 is 22.7 Å². The minimum absolute atomic E-state index is 0.00461. The van der Waals surface area contributed by atoms with Crippen LogP contribution < -0.4 is 15.4 Å². The molecule has 6 nitrogen and oxygen atoms in total. The van der Waals surface area contributed by atoms with Gasteiger partial charge >= 0.3 is 6.43 Å². The summed E-state index contributed by atoms with van der Waals surface area (Å²) in [4.78, 5) is 26.6. The average molecular weight is 351 g/mol. The monoisotopic (exact) mass is 351 g/mol. The zero-order chi connectivity index (χ0) is 18.1. The fourth-order valence-electron chi connectivity index (χ4n) is 3.24. The number of hydrogen-bond donors (Lipinski definition) is 3. The number of carbonyl (C=O) groups excluding carboxylic acids is 2. The Morgan fingerprint density at radius 3 is 2.80 bits per heavy atom. The third kappa shape index (κ3) is 3.04. The Balaban J connectivity index is 2.06. The summed E-state index contributed by atoms with van der Waals surface area (Å²) in [5.74, 6) is -1.19. The lowest BCUT2D eigenvalue weighted by atomic mass is 9.93. The SMILES string of the molecule is CNC(=O)c1[nH]c2ccc3c(c2c1[C@@H](C)CNC(=O)C(F)F)CCO3. The second-order valence-electron chi connectivity index (χ2n) is 6.00. The number of aromatic amines is 1. The highest BCUT2D eigenvalue weighted by Gasteiger charge is 2.27. The summed E-state index contributed by atoms with van der Waals surface area (Å²) in [5.41, 5.74) is 2.85. The molecule has 2 amide bonds. The molecule has 25 heavy (non-hydrogen) atoms. The molecular weight excluding hydrogens is 332 g/mol. The van der Waals surface area contributed by atoms with Crippen molar-refractivity contribution in [2.24, 2.45) is 0 Å². The van der Waals surface area contributed by atoms with Gasteiger partial charge in [-0.2, -0.15) is 8.78 Å². The number of carbonyl (C=O) groups is 2. The van der Waals surface area contributed by atoms with E-state index in [-0.39, 0.29) is 18.4 Å². The molecule has 0 saturated heterocycles. The highest BCUT2D eigenvalue weighted by molar-refractivity contribution is 6.03. The third-order valence-electron chi connectivity index (χ3n) is 4.41. The zero-order valence-corrected chi connectivity index (χ0v) is 13.9. The van der Waals surface area contributed by atoms with Crippen LogP contribution in [-0.2, 0) is 11.2 Å². The first kappa shape index (κ1) is 17.2. The van der Waals surface area contributed by atoms with E-state index >= 15 is 0 Å². The summed E-state index contributed by atoms with van der Waals surface area (Å²) in [6, 6.07) is 3.68. The molecule has 0 aliphatic carbocycles. The van der Waals surface area contributed by atoms with Gasteiger partial charge in [-0.15, -0.1) is 0 Å². The van der Waals surface area contributed by atoms with Crippen LogP contribution >= 0.6 is 0 Å². The van der Waals surface area contributed by atoms with Crippen molar-refractivity contribution in [1.82, 2.24) is 15.6 Å². The summed E-state index contributed by atoms with van der Waals surface area (Å²) in [6.45, 7) is 2.35. The molecule has 1 aliphatic rings. The number of rotatable bonds is 5. The second kappa shape index (κ2) is 6.70. The van der Waals surface area contributed by atoms with Gasteiger partial charge in [0.1, 0.15) is 11.4 Å². The van der Waals surface area contributed by atoms with Gasteiger partial charge in [-0.05, 0) is 17.7 Å². The summed E-state index contributed by atoms with van der Waals surface area (Å²) in [7, 11) is 1.52. The number of fused-ring (bicyclic) bond motifs is 3. The molecule has 0 saturated carbocycles. The first-order valence-corrected chi connectivity index (χ1v) is 8.02. The predicted molar refractivity (Wildman–Crippen MR) is 88.3 cm³/mol. The number of nitrogens with one attached hydrogen (secondary N) is 3. The highest BCUT2D eigenvalue weighted by Crippen LogP contribution is 2.38. The van der Waals surface area contributed by atoms with E-state index in [2.05, 4.69) is 15.6 Å². The van der Waals surface area contributed by atoms with Gasteiger partial charge in [-0.1, -0.05) is 6.92 Å². The van der Waals surface area contributed by atoms with Crippen LogP contribution in [0.1, 0.15) is 34.5 Å². The topological polar surface area (TPSA) is 83.2 Å². The van der Waals surface area contributed by atoms with Crippen molar-refractivity contribution in [3.63, 3.8) is 0 Å². The van der Waals surface area contributed by atoms with Gasteiger partial charge in [-0.25, -0.2) is 0 Å². The Kier molecular flexibility index (Phi) is 4.61. The number of benzene rings is 1. The lowest BCUT2D eigenvalue weighted by Gasteiger charge is -2.15.